The standard InChI is InChI=1S/C17H19NO6/c1-8-4-3-5-9(6-8)7-10(19)11-13(16(21)22)12(15(20)18-2)14(11)17(23)24/h3-6,11-14H,7H2,1-2H3,(H,18,20)(H,21,22)(H,23,24). The third-order valence-electron chi connectivity index (χ3n) is 4.50. The van der Waals surface area contributed by atoms with Crippen LogP contribution in [0.4, 0.5) is 0 Å². The Kier molecular flexibility index (Phi) is 5.02. The first-order valence-corrected chi connectivity index (χ1v) is 7.53. The first-order valence-electron chi connectivity index (χ1n) is 7.53. The average Bonchev–Trinajstić information content (AvgIpc) is 2.44. The molecule has 1 fully saturated rings. The van der Waals surface area contributed by atoms with Crippen molar-refractivity contribution in [2.24, 2.45) is 23.7 Å². The molecule has 1 amide bonds. The summed E-state index contributed by atoms with van der Waals surface area (Å²) in [7, 11) is 1.31. The first kappa shape index (κ1) is 17.7. The van der Waals surface area contributed by atoms with E-state index in [1.807, 2.05) is 13.0 Å². The normalized spacial score (nSPS) is 25.4. The van der Waals surface area contributed by atoms with E-state index in [0.29, 0.717) is 5.56 Å². The van der Waals surface area contributed by atoms with Gasteiger partial charge in [-0.05, 0) is 12.5 Å². The number of aliphatic carboxylic acids is 2. The van der Waals surface area contributed by atoms with Crippen LogP contribution < -0.4 is 5.32 Å². The lowest BCUT2D eigenvalue weighted by atomic mass is 9.54. The molecule has 0 aliphatic heterocycles. The van der Waals surface area contributed by atoms with Crippen LogP contribution in [0.15, 0.2) is 24.3 Å². The van der Waals surface area contributed by atoms with Crippen LogP contribution >= 0.6 is 0 Å². The highest BCUT2D eigenvalue weighted by atomic mass is 16.4. The van der Waals surface area contributed by atoms with Crippen molar-refractivity contribution >= 4 is 23.6 Å². The van der Waals surface area contributed by atoms with Crippen molar-refractivity contribution in [3.8, 4) is 0 Å². The SMILES string of the molecule is CNC(=O)C1C(C(=O)O)C(C(=O)Cc2cccc(C)c2)C1C(=O)O. The van der Waals surface area contributed by atoms with E-state index in [4.69, 9.17) is 0 Å². The second-order valence-electron chi connectivity index (χ2n) is 6.03. The van der Waals surface area contributed by atoms with Crippen LogP contribution in [0.25, 0.3) is 0 Å². The minimum absolute atomic E-state index is 0.0552. The molecule has 2 rings (SSSR count). The summed E-state index contributed by atoms with van der Waals surface area (Å²) in [5.41, 5.74) is 1.64. The van der Waals surface area contributed by atoms with E-state index in [0.717, 1.165) is 5.56 Å². The van der Waals surface area contributed by atoms with Gasteiger partial charge < -0.3 is 15.5 Å². The summed E-state index contributed by atoms with van der Waals surface area (Å²) in [6.45, 7) is 1.86. The maximum absolute atomic E-state index is 12.5. The number of nitrogens with one attached hydrogen (secondary N) is 1. The van der Waals surface area contributed by atoms with Gasteiger partial charge >= 0.3 is 11.9 Å². The predicted octanol–water partition coefficient (Wildman–Crippen LogP) is 0.500. The Morgan fingerprint density at radius 2 is 1.58 bits per heavy atom. The van der Waals surface area contributed by atoms with Crippen molar-refractivity contribution < 1.29 is 29.4 Å². The summed E-state index contributed by atoms with van der Waals surface area (Å²) < 4.78 is 0. The van der Waals surface area contributed by atoms with E-state index in [2.05, 4.69) is 5.32 Å². The zero-order chi connectivity index (χ0) is 18.0. The molecule has 0 radical (unpaired) electrons. The maximum atomic E-state index is 12.5. The summed E-state index contributed by atoms with van der Waals surface area (Å²) in [4.78, 5) is 47.3. The Morgan fingerprint density at radius 1 is 1.00 bits per heavy atom. The Morgan fingerprint density at radius 3 is 2.04 bits per heavy atom. The van der Waals surface area contributed by atoms with Crippen LogP contribution in [0.2, 0.25) is 0 Å². The summed E-state index contributed by atoms with van der Waals surface area (Å²) in [6, 6.07) is 7.15. The van der Waals surface area contributed by atoms with Gasteiger partial charge in [-0.3, -0.25) is 19.2 Å². The smallest absolute Gasteiger partial charge is 0.308 e. The fraction of sp³-hybridized carbons (Fsp3) is 0.412. The van der Waals surface area contributed by atoms with E-state index in [9.17, 15) is 29.4 Å². The quantitative estimate of drug-likeness (QED) is 0.697. The molecule has 1 aromatic rings. The Labute approximate surface area is 138 Å². The van der Waals surface area contributed by atoms with Gasteiger partial charge in [0.05, 0.1) is 17.8 Å². The highest BCUT2D eigenvalue weighted by molar-refractivity contribution is 6.00. The number of amides is 1. The lowest BCUT2D eigenvalue weighted by Gasteiger charge is -2.45. The molecule has 0 bridgehead atoms. The molecule has 0 saturated heterocycles. The minimum Gasteiger partial charge on any atom is -0.481 e. The van der Waals surface area contributed by atoms with Crippen LogP contribution in [0.3, 0.4) is 0 Å². The Hall–Kier alpha value is -2.70. The van der Waals surface area contributed by atoms with Gasteiger partial charge in [0, 0.05) is 19.4 Å². The lowest BCUT2D eigenvalue weighted by Crippen LogP contribution is -2.61. The summed E-state index contributed by atoms with van der Waals surface area (Å²) in [5.74, 6) is -8.88. The molecule has 7 nitrogen and oxygen atoms in total. The zero-order valence-corrected chi connectivity index (χ0v) is 13.4. The topological polar surface area (TPSA) is 121 Å². The number of rotatable bonds is 6. The zero-order valence-electron chi connectivity index (χ0n) is 13.4. The highest BCUT2D eigenvalue weighted by Gasteiger charge is 2.62. The highest BCUT2D eigenvalue weighted by Crippen LogP contribution is 2.47. The van der Waals surface area contributed by atoms with Gasteiger partial charge in [0.1, 0.15) is 5.78 Å². The molecule has 128 valence electrons. The fourth-order valence-electron chi connectivity index (χ4n) is 3.40. The number of Topliss-reactive ketones (excluding diaryl/α,β-unsaturated/α-hetero) is 1. The minimum atomic E-state index is -1.33. The summed E-state index contributed by atoms with van der Waals surface area (Å²) >= 11 is 0. The third-order valence-corrected chi connectivity index (χ3v) is 4.50. The number of ketones is 1. The summed E-state index contributed by atoms with van der Waals surface area (Å²) in [5, 5.41) is 21.0. The number of hydrogen-bond donors (Lipinski definition) is 3. The number of carboxylic acid groups (broad SMARTS) is 2. The van der Waals surface area contributed by atoms with Gasteiger partial charge in [0.2, 0.25) is 5.91 Å². The van der Waals surface area contributed by atoms with Crippen LogP contribution in [-0.4, -0.2) is 40.9 Å². The van der Waals surface area contributed by atoms with Gasteiger partial charge in [-0.15, -0.1) is 0 Å². The molecule has 1 saturated carbocycles. The predicted molar refractivity (Wildman–Crippen MR) is 83.2 cm³/mol. The molecule has 0 heterocycles. The molecule has 0 aromatic heterocycles. The largest absolute Gasteiger partial charge is 0.481 e. The van der Waals surface area contributed by atoms with Crippen molar-refractivity contribution in [2.45, 2.75) is 13.3 Å². The third kappa shape index (κ3) is 3.15. The number of aryl methyl sites for hydroxylation is 1. The van der Waals surface area contributed by atoms with Crippen molar-refractivity contribution in [1.82, 2.24) is 5.32 Å². The second-order valence-corrected chi connectivity index (χ2v) is 6.03. The number of carboxylic acids is 2. The molecular formula is C17H19NO6. The van der Waals surface area contributed by atoms with Crippen molar-refractivity contribution in [3.63, 3.8) is 0 Å². The van der Waals surface area contributed by atoms with Gasteiger partial charge in [-0.2, -0.15) is 0 Å². The molecule has 1 aromatic carbocycles. The van der Waals surface area contributed by atoms with Gasteiger partial charge in [-0.25, -0.2) is 0 Å². The van der Waals surface area contributed by atoms with Crippen molar-refractivity contribution in [1.29, 1.82) is 0 Å². The fourth-order valence-corrected chi connectivity index (χ4v) is 3.40. The number of hydrogen-bond acceptors (Lipinski definition) is 4. The van der Waals surface area contributed by atoms with E-state index >= 15 is 0 Å². The van der Waals surface area contributed by atoms with Crippen LogP contribution in [0, 0.1) is 30.6 Å². The molecule has 1 aliphatic rings. The molecule has 24 heavy (non-hydrogen) atoms. The summed E-state index contributed by atoms with van der Waals surface area (Å²) in [6.07, 6.45) is -0.0552. The molecule has 1 aliphatic carbocycles. The van der Waals surface area contributed by atoms with Gasteiger partial charge in [0.15, 0.2) is 0 Å². The van der Waals surface area contributed by atoms with Crippen LogP contribution in [-0.2, 0) is 25.6 Å². The maximum Gasteiger partial charge on any atom is 0.308 e. The monoisotopic (exact) mass is 333 g/mol. The Balaban J connectivity index is 2.28. The van der Waals surface area contributed by atoms with Gasteiger partial charge in [-0.1, -0.05) is 29.8 Å². The average molecular weight is 333 g/mol. The van der Waals surface area contributed by atoms with Crippen molar-refractivity contribution in [3.05, 3.63) is 35.4 Å². The molecule has 0 spiro atoms. The molecule has 2 unspecified atom stereocenters. The van der Waals surface area contributed by atoms with Gasteiger partial charge in [0.25, 0.3) is 0 Å². The first-order chi connectivity index (χ1) is 11.3. The number of carbonyl (C=O) groups excluding carboxylic acids is 2. The number of carbonyl (C=O) groups is 4. The Bertz CT molecular complexity index is 676. The molecular weight excluding hydrogens is 314 g/mol. The number of benzene rings is 1. The molecule has 3 N–H and O–H groups in total. The molecule has 7 heteroatoms. The van der Waals surface area contributed by atoms with Crippen molar-refractivity contribution in [2.75, 3.05) is 7.05 Å². The second kappa shape index (κ2) is 6.82. The van der Waals surface area contributed by atoms with E-state index in [1.54, 1.807) is 18.2 Å². The lowest BCUT2D eigenvalue weighted by molar-refractivity contribution is -0.180. The van der Waals surface area contributed by atoms with Crippen LogP contribution in [0.1, 0.15) is 11.1 Å². The van der Waals surface area contributed by atoms with E-state index in [-0.39, 0.29) is 6.42 Å². The van der Waals surface area contributed by atoms with E-state index < -0.39 is 47.3 Å². The van der Waals surface area contributed by atoms with Crippen LogP contribution in [0.5, 0.6) is 0 Å². The van der Waals surface area contributed by atoms with E-state index in [1.165, 1.54) is 7.05 Å². The molecule has 2 atom stereocenters.